The predicted octanol–water partition coefficient (Wildman–Crippen LogP) is 4.65. The monoisotopic (exact) mass is 364 g/mol. The Morgan fingerprint density at radius 3 is 2.88 bits per heavy atom. The summed E-state index contributed by atoms with van der Waals surface area (Å²) < 4.78 is 7.07. The molecule has 2 aliphatic rings. The number of hydrogen-bond acceptors (Lipinski definition) is 4. The number of para-hydroxylation sites is 1. The smallest absolute Gasteiger partial charge is 0.257 e. The number of amides is 1. The number of thiophene rings is 1. The van der Waals surface area contributed by atoms with E-state index in [0.29, 0.717) is 6.54 Å². The van der Waals surface area contributed by atoms with Crippen molar-refractivity contribution in [2.24, 2.45) is 0 Å². The van der Waals surface area contributed by atoms with Gasteiger partial charge in [0, 0.05) is 29.1 Å². The van der Waals surface area contributed by atoms with Crippen LogP contribution < -0.4 is 5.32 Å². The first kappa shape index (κ1) is 15.9. The van der Waals surface area contributed by atoms with E-state index in [1.54, 1.807) is 11.3 Å². The van der Waals surface area contributed by atoms with E-state index >= 15 is 0 Å². The Bertz CT molecular complexity index is 961. The highest BCUT2D eigenvalue weighted by Crippen LogP contribution is 2.38. The standard InChI is InChI=1S/C21H20N2O2S/c24-21-16-8-1-3-9-18(16)22-20(23(21)12-14-6-5-11-25-14)17-13-26-19-10-4-2-7-15(17)19/h1-4,7-10,13-14,20,22H,5-6,11-12H2/t14-,20-/m1/s1. The molecule has 2 aromatic carbocycles. The minimum atomic E-state index is -0.169. The Kier molecular flexibility index (Phi) is 3.91. The molecule has 1 fully saturated rings. The van der Waals surface area contributed by atoms with Crippen LogP contribution in [0.2, 0.25) is 0 Å². The zero-order valence-corrected chi connectivity index (χ0v) is 15.2. The number of fused-ring (bicyclic) bond motifs is 2. The van der Waals surface area contributed by atoms with Crippen LogP contribution in [0.1, 0.15) is 34.9 Å². The van der Waals surface area contributed by atoms with Crippen LogP contribution in [0.25, 0.3) is 10.1 Å². The average molecular weight is 364 g/mol. The van der Waals surface area contributed by atoms with Gasteiger partial charge in [0.15, 0.2) is 0 Å². The van der Waals surface area contributed by atoms with Gasteiger partial charge >= 0.3 is 0 Å². The molecule has 0 spiro atoms. The quantitative estimate of drug-likeness (QED) is 0.736. The minimum absolute atomic E-state index is 0.0788. The molecule has 3 heterocycles. The maximum absolute atomic E-state index is 13.3. The summed E-state index contributed by atoms with van der Waals surface area (Å²) in [7, 11) is 0. The first-order valence-corrected chi connectivity index (χ1v) is 9.93. The largest absolute Gasteiger partial charge is 0.376 e. The van der Waals surface area contributed by atoms with Gasteiger partial charge in [-0.25, -0.2) is 0 Å². The van der Waals surface area contributed by atoms with Gasteiger partial charge in [0.1, 0.15) is 6.17 Å². The molecule has 1 amide bonds. The van der Waals surface area contributed by atoms with Crippen LogP contribution in [0.5, 0.6) is 0 Å². The fraction of sp³-hybridized carbons (Fsp3) is 0.286. The number of hydrogen-bond donors (Lipinski definition) is 1. The van der Waals surface area contributed by atoms with E-state index in [0.717, 1.165) is 36.3 Å². The van der Waals surface area contributed by atoms with Crippen LogP contribution in [0, 0.1) is 0 Å². The van der Waals surface area contributed by atoms with Gasteiger partial charge < -0.3 is 15.0 Å². The lowest BCUT2D eigenvalue weighted by molar-refractivity contribution is 0.0429. The molecule has 1 saturated heterocycles. The molecule has 132 valence electrons. The summed E-state index contributed by atoms with van der Waals surface area (Å²) in [5.74, 6) is 0.0788. The molecule has 2 aliphatic heterocycles. The van der Waals surface area contributed by atoms with E-state index in [1.807, 2.05) is 29.2 Å². The lowest BCUT2D eigenvalue weighted by atomic mass is 10.0. The second kappa shape index (κ2) is 6.41. The van der Waals surface area contributed by atoms with Gasteiger partial charge in [0.05, 0.1) is 11.7 Å². The van der Waals surface area contributed by atoms with Gasteiger partial charge in [0.2, 0.25) is 0 Å². The van der Waals surface area contributed by atoms with Crippen LogP contribution >= 0.6 is 11.3 Å². The number of ether oxygens (including phenoxy) is 1. The molecule has 0 bridgehead atoms. The van der Waals surface area contributed by atoms with E-state index in [1.165, 1.54) is 10.1 Å². The molecule has 4 nitrogen and oxygen atoms in total. The summed E-state index contributed by atoms with van der Waals surface area (Å²) >= 11 is 1.73. The van der Waals surface area contributed by atoms with Crippen molar-refractivity contribution < 1.29 is 9.53 Å². The molecule has 1 N–H and O–H groups in total. The van der Waals surface area contributed by atoms with E-state index < -0.39 is 0 Å². The highest BCUT2D eigenvalue weighted by atomic mass is 32.1. The molecule has 0 aliphatic carbocycles. The van der Waals surface area contributed by atoms with Crippen molar-refractivity contribution >= 4 is 33.0 Å². The van der Waals surface area contributed by atoms with Crippen LogP contribution in [0.4, 0.5) is 5.69 Å². The van der Waals surface area contributed by atoms with Crippen molar-refractivity contribution in [2.45, 2.75) is 25.1 Å². The topological polar surface area (TPSA) is 41.6 Å². The van der Waals surface area contributed by atoms with Crippen molar-refractivity contribution in [3.63, 3.8) is 0 Å². The Hall–Kier alpha value is -2.37. The minimum Gasteiger partial charge on any atom is -0.376 e. The molecule has 0 saturated carbocycles. The van der Waals surface area contributed by atoms with Crippen molar-refractivity contribution in [3.05, 3.63) is 65.0 Å². The van der Waals surface area contributed by atoms with Crippen LogP contribution in [-0.4, -0.2) is 30.1 Å². The van der Waals surface area contributed by atoms with Crippen molar-refractivity contribution in [1.82, 2.24) is 4.90 Å². The third kappa shape index (κ3) is 2.59. The first-order chi connectivity index (χ1) is 12.8. The maximum Gasteiger partial charge on any atom is 0.257 e. The lowest BCUT2D eigenvalue weighted by Crippen LogP contribution is -2.46. The SMILES string of the molecule is O=C1c2ccccc2N[C@@H](c2csc3ccccc23)N1C[C@H]1CCCO1. The third-order valence-electron chi connectivity index (χ3n) is 5.25. The van der Waals surface area contributed by atoms with E-state index in [9.17, 15) is 4.79 Å². The summed E-state index contributed by atoms with van der Waals surface area (Å²) in [6.07, 6.45) is 2.04. The molecule has 0 radical (unpaired) electrons. The van der Waals surface area contributed by atoms with Crippen LogP contribution in [-0.2, 0) is 4.74 Å². The predicted molar refractivity (Wildman–Crippen MR) is 105 cm³/mol. The van der Waals surface area contributed by atoms with Gasteiger partial charge in [0.25, 0.3) is 5.91 Å². The van der Waals surface area contributed by atoms with Crippen molar-refractivity contribution in [2.75, 3.05) is 18.5 Å². The second-order valence-corrected chi connectivity index (χ2v) is 7.78. The number of benzene rings is 2. The van der Waals surface area contributed by atoms with Gasteiger partial charge in [-0.15, -0.1) is 11.3 Å². The van der Waals surface area contributed by atoms with Crippen LogP contribution in [0.15, 0.2) is 53.9 Å². The molecule has 26 heavy (non-hydrogen) atoms. The van der Waals surface area contributed by atoms with Gasteiger partial charge in [-0.3, -0.25) is 4.79 Å². The second-order valence-electron chi connectivity index (χ2n) is 6.87. The summed E-state index contributed by atoms with van der Waals surface area (Å²) in [6.45, 7) is 1.41. The Balaban J connectivity index is 1.59. The Morgan fingerprint density at radius 2 is 2.00 bits per heavy atom. The number of anilines is 1. The summed E-state index contributed by atoms with van der Waals surface area (Å²) in [4.78, 5) is 15.2. The Morgan fingerprint density at radius 1 is 1.15 bits per heavy atom. The zero-order chi connectivity index (χ0) is 17.5. The van der Waals surface area contributed by atoms with Gasteiger partial charge in [-0.1, -0.05) is 30.3 Å². The molecular formula is C21H20N2O2S. The first-order valence-electron chi connectivity index (χ1n) is 9.05. The third-order valence-corrected chi connectivity index (χ3v) is 6.23. The Labute approximate surface area is 156 Å². The summed E-state index contributed by atoms with van der Waals surface area (Å²) in [5, 5.41) is 6.98. The molecular weight excluding hydrogens is 344 g/mol. The molecule has 3 aromatic rings. The van der Waals surface area contributed by atoms with E-state index in [-0.39, 0.29) is 18.2 Å². The molecule has 5 heteroatoms. The number of nitrogens with zero attached hydrogens (tertiary/aromatic N) is 1. The normalized spacial score (nSPS) is 22.5. The number of carbonyl (C=O) groups is 1. The number of carbonyl (C=O) groups excluding carboxylic acids is 1. The van der Waals surface area contributed by atoms with Gasteiger partial charge in [-0.05, 0) is 41.8 Å². The number of rotatable bonds is 3. The van der Waals surface area contributed by atoms with E-state index in [2.05, 4.69) is 35.0 Å². The fourth-order valence-corrected chi connectivity index (χ4v) is 4.92. The van der Waals surface area contributed by atoms with Crippen molar-refractivity contribution in [3.8, 4) is 0 Å². The average Bonchev–Trinajstić information content (AvgIpc) is 3.34. The highest BCUT2D eigenvalue weighted by molar-refractivity contribution is 7.17. The molecule has 2 atom stereocenters. The van der Waals surface area contributed by atoms with Crippen molar-refractivity contribution in [1.29, 1.82) is 0 Å². The highest BCUT2D eigenvalue weighted by Gasteiger charge is 2.36. The fourth-order valence-electron chi connectivity index (χ4n) is 3.94. The zero-order valence-electron chi connectivity index (χ0n) is 14.4. The molecule has 1 aromatic heterocycles. The van der Waals surface area contributed by atoms with E-state index in [4.69, 9.17) is 4.74 Å². The van der Waals surface area contributed by atoms with Gasteiger partial charge in [-0.2, -0.15) is 0 Å². The molecule has 5 rings (SSSR count). The number of nitrogens with one attached hydrogen (secondary N) is 1. The summed E-state index contributed by atoms with van der Waals surface area (Å²) in [5.41, 5.74) is 2.80. The maximum atomic E-state index is 13.3. The lowest BCUT2D eigenvalue weighted by Gasteiger charge is -2.39. The van der Waals surface area contributed by atoms with Crippen LogP contribution in [0.3, 0.4) is 0 Å². The summed E-state index contributed by atoms with van der Waals surface area (Å²) in [6, 6.07) is 16.2. The molecule has 0 unspecified atom stereocenters.